The first-order chi connectivity index (χ1) is 9.10. The zero-order chi connectivity index (χ0) is 13.7. The molecule has 102 valence electrons. The van der Waals surface area contributed by atoms with Gasteiger partial charge in [-0.2, -0.15) is 0 Å². The Hall–Kier alpha value is -2.11. The molecule has 1 aromatic rings. The van der Waals surface area contributed by atoms with Crippen molar-refractivity contribution >= 4 is 12.0 Å². The average molecular weight is 263 g/mol. The minimum atomic E-state index is -0.882. The number of rotatable bonds is 5. The fraction of sp³-hybridized carbons (Fsp3) is 0.462. The molecule has 1 aliphatic carbocycles. The van der Waals surface area contributed by atoms with Gasteiger partial charge in [-0.15, -0.1) is 0 Å². The van der Waals surface area contributed by atoms with Gasteiger partial charge in [0.05, 0.1) is 12.0 Å². The van der Waals surface area contributed by atoms with Gasteiger partial charge in [-0.05, 0) is 30.9 Å². The Balaban J connectivity index is 1.82. The lowest BCUT2D eigenvalue weighted by molar-refractivity contribution is -0.139. The minimum absolute atomic E-state index is 0.0205. The van der Waals surface area contributed by atoms with Gasteiger partial charge in [0.15, 0.2) is 0 Å². The number of carboxylic acid groups (broad SMARTS) is 1. The van der Waals surface area contributed by atoms with E-state index in [1.807, 2.05) is 6.07 Å². The highest BCUT2D eigenvalue weighted by Crippen LogP contribution is 2.34. The molecule has 1 aliphatic rings. The van der Waals surface area contributed by atoms with Gasteiger partial charge in [0.1, 0.15) is 0 Å². The van der Waals surface area contributed by atoms with E-state index < -0.39 is 11.5 Å². The van der Waals surface area contributed by atoms with Gasteiger partial charge in [-0.25, -0.2) is 4.79 Å². The Morgan fingerprint density at radius 3 is 2.74 bits per heavy atom. The van der Waals surface area contributed by atoms with Crippen LogP contribution in [0.25, 0.3) is 0 Å². The molecule has 1 heterocycles. The number of carboxylic acids is 1. The van der Waals surface area contributed by atoms with Gasteiger partial charge in [-0.1, -0.05) is 6.07 Å². The molecule has 6 nitrogen and oxygen atoms in total. The second-order valence-electron chi connectivity index (χ2n) is 4.87. The van der Waals surface area contributed by atoms with Gasteiger partial charge in [0.2, 0.25) is 0 Å². The highest BCUT2D eigenvalue weighted by Gasteiger charge is 2.40. The lowest BCUT2D eigenvalue weighted by Crippen LogP contribution is -2.57. The van der Waals surface area contributed by atoms with Crippen LogP contribution in [0.2, 0.25) is 0 Å². The Morgan fingerprint density at radius 1 is 1.42 bits per heavy atom. The molecule has 1 saturated carbocycles. The zero-order valence-electron chi connectivity index (χ0n) is 10.6. The summed E-state index contributed by atoms with van der Waals surface area (Å²) in [6, 6.07) is 3.33. The fourth-order valence-electron chi connectivity index (χ4n) is 2.21. The third-order valence-corrected chi connectivity index (χ3v) is 3.35. The number of aliphatic carboxylic acids is 1. The molecular formula is C13H17N3O3. The van der Waals surface area contributed by atoms with Crippen molar-refractivity contribution < 1.29 is 14.7 Å². The van der Waals surface area contributed by atoms with Crippen LogP contribution in [0.3, 0.4) is 0 Å². The number of amides is 2. The second kappa shape index (κ2) is 5.69. The number of nitrogens with one attached hydrogen (secondary N) is 2. The van der Waals surface area contributed by atoms with Crippen molar-refractivity contribution in [2.45, 2.75) is 37.8 Å². The van der Waals surface area contributed by atoms with E-state index in [4.69, 9.17) is 5.11 Å². The summed E-state index contributed by atoms with van der Waals surface area (Å²) in [5, 5.41) is 14.3. The lowest BCUT2D eigenvalue weighted by atomic mass is 9.74. The highest BCUT2D eigenvalue weighted by atomic mass is 16.4. The summed E-state index contributed by atoms with van der Waals surface area (Å²) in [5.41, 5.74) is 0.337. The summed E-state index contributed by atoms with van der Waals surface area (Å²) < 4.78 is 0. The Kier molecular flexibility index (Phi) is 3.99. The van der Waals surface area contributed by atoms with Crippen molar-refractivity contribution in [1.29, 1.82) is 0 Å². The van der Waals surface area contributed by atoms with Crippen molar-refractivity contribution in [3.05, 3.63) is 30.1 Å². The molecule has 2 rings (SSSR count). The molecule has 0 spiro atoms. The number of carbonyl (C=O) groups is 2. The molecule has 0 unspecified atom stereocenters. The standard InChI is InChI=1S/C13H17N3O3/c17-11(18)7-13(4-2-5-13)16-12(19)15-9-10-3-1-6-14-8-10/h1,3,6,8H,2,4-5,7,9H2,(H,17,18)(H2,15,16,19). The third kappa shape index (κ3) is 3.67. The molecule has 0 bridgehead atoms. The van der Waals surface area contributed by atoms with Crippen LogP contribution < -0.4 is 10.6 Å². The fourth-order valence-corrected chi connectivity index (χ4v) is 2.21. The van der Waals surface area contributed by atoms with Gasteiger partial charge in [0.25, 0.3) is 0 Å². The molecule has 3 N–H and O–H groups in total. The first-order valence-corrected chi connectivity index (χ1v) is 6.26. The van der Waals surface area contributed by atoms with E-state index in [2.05, 4.69) is 15.6 Å². The van der Waals surface area contributed by atoms with E-state index in [1.54, 1.807) is 18.5 Å². The minimum Gasteiger partial charge on any atom is -0.481 e. The van der Waals surface area contributed by atoms with E-state index in [9.17, 15) is 9.59 Å². The largest absolute Gasteiger partial charge is 0.481 e. The predicted octanol–water partition coefficient (Wildman–Crippen LogP) is 1.28. The smallest absolute Gasteiger partial charge is 0.315 e. The van der Waals surface area contributed by atoms with Crippen molar-refractivity contribution in [2.24, 2.45) is 0 Å². The lowest BCUT2D eigenvalue weighted by Gasteiger charge is -2.41. The second-order valence-corrected chi connectivity index (χ2v) is 4.87. The van der Waals surface area contributed by atoms with Crippen molar-refractivity contribution in [2.75, 3.05) is 0 Å². The van der Waals surface area contributed by atoms with E-state index in [0.717, 1.165) is 24.8 Å². The quantitative estimate of drug-likeness (QED) is 0.746. The van der Waals surface area contributed by atoms with E-state index in [0.29, 0.717) is 6.54 Å². The first-order valence-electron chi connectivity index (χ1n) is 6.26. The molecular weight excluding hydrogens is 246 g/mol. The van der Waals surface area contributed by atoms with Crippen LogP contribution in [0.15, 0.2) is 24.5 Å². The molecule has 6 heteroatoms. The molecule has 0 aliphatic heterocycles. The van der Waals surface area contributed by atoms with Gasteiger partial charge in [0, 0.05) is 18.9 Å². The van der Waals surface area contributed by atoms with Crippen LogP contribution in [0.1, 0.15) is 31.2 Å². The SMILES string of the molecule is O=C(O)CC1(NC(=O)NCc2cccnc2)CCC1. The van der Waals surface area contributed by atoms with E-state index >= 15 is 0 Å². The molecule has 1 fully saturated rings. The van der Waals surface area contributed by atoms with Crippen LogP contribution in [-0.4, -0.2) is 27.6 Å². The van der Waals surface area contributed by atoms with Crippen LogP contribution in [0.5, 0.6) is 0 Å². The third-order valence-electron chi connectivity index (χ3n) is 3.35. The maximum absolute atomic E-state index is 11.8. The summed E-state index contributed by atoms with van der Waals surface area (Å²) in [7, 11) is 0. The monoisotopic (exact) mass is 263 g/mol. The van der Waals surface area contributed by atoms with Crippen molar-refractivity contribution in [3.8, 4) is 0 Å². The molecule has 0 radical (unpaired) electrons. The van der Waals surface area contributed by atoms with Crippen LogP contribution in [0.4, 0.5) is 4.79 Å². The van der Waals surface area contributed by atoms with Gasteiger partial charge < -0.3 is 15.7 Å². The number of urea groups is 1. The summed E-state index contributed by atoms with van der Waals surface area (Å²) in [4.78, 5) is 26.5. The normalized spacial score (nSPS) is 16.2. The van der Waals surface area contributed by atoms with Crippen LogP contribution >= 0.6 is 0 Å². The van der Waals surface area contributed by atoms with Gasteiger partial charge in [-0.3, -0.25) is 9.78 Å². The van der Waals surface area contributed by atoms with Crippen molar-refractivity contribution in [1.82, 2.24) is 15.6 Å². The Bertz CT molecular complexity index is 457. The molecule has 2 amide bonds. The van der Waals surface area contributed by atoms with E-state index in [1.165, 1.54) is 0 Å². The summed E-state index contributed by atoms with van der Waals surface area (Å²) in [5.74, 6) is -0.882. The van der Waals surface area contributed by atoms with Gasteiger partial charge >= 0.3 is 12.0 Å². The molecule has 0 aromatic carbocycles. The maximum Gasteiger partial charge on any atom is 0.315 e. The molecule has 0 saturated heterocycles. The average Bonchev–Trinajstić information content (AvgIpc) is 2.34. The summed E-state index contributed by atoms with van der Waals surface area (Å²) in [6.45, 7) is 0.378. The number of carbonyl (C=O) groups excluding carboxylic acids is 1. The molecule has 1 aromatic heterocycles. The summed E-state index contributed by atoms with van der Waals surface area (Å²) in [6.07, 6.45) is 5.72. The molecule has 0 atom stereocenters. The highest BCUT2D eigenvalue weighted by molar-refractivity contribution is 5.77. The number of hydrogen-bond donors (Lipinski definition) is 3. The van der Waals surface area contributed by atoms with Crippen LogP contribution in [-0.2, 0) is 11.3 Å². The summed E-state index contributed by atoms with van der Waals surface area (Å²) >= 11 is 0. The Morgan fingerprint density at radius 2 is 2.21 bits per heavy atom. The predicted molar refractivity (Wildman–Crippen MR) is 68.4 cm³/mol. The first kappa shape index (κ1) is 13.3. The zero-order valence-corrected chi connectivity index (χ0v) is 10.6. The number of pyridine rings is 1. The number of aromatic nitrogens is 1. The topological polar surface area (TPSA) is 91.3 Å². The van der Waals surface area contributed by atoms with Crippen molar-refractivity contribution in [3.63, 3.8) is 0 Å². The number of hydrogen-bond acceptors (Lipinski definition) is 3. The Labute approximate surface area is 111 Å². The molecule has 19 heavy (non-hydrogen) atoms. The number of nitrogens with zero attached hydrogens (tertiary/aromatic N) is 1. The maximum atomic E-state index is 11.8. The van der Waals surface area contributed by atoms with E-state index in [-0.39, 0.29) is 12.5 Å². The van der Waals surface area contributed by atoms with Crippen LogP contribution in [0, 0.1) is 0 Å².